The van der Waals surface area contributed by atoms with Gasteiger partial charge in [0, 0.05) is 12.1 Å². The van der Waals surface area contributed by atoms with Gasteiger partial charge in [-0.2, -0.15) is 0 Å². The van der Waals surface area contributed by atoms with E-state index >= 15 is 0 Å². The topological polar surface area (TPSA) is 79.0 Å². The van der Waals surface area contributed by atoms with Crippen molar-refractivity contribution >= 4 is 17.6 Å². The third kappa shape index (κ3) is 4.99. The summed E-state index contributed by atoms with van der Waals surface area (Å²) in [5.41, 5.74) is 1.84. The maximum absolute atomic E-state index is 13.4. The van der Waals surface area contributed by atoms with Gasteiger partial charge in [0.25, 0.3) is 5.91 Å². The molecule has 1 aromatic rings. The highest BCUT2D eigenvalue weighted by Crippen LogP contribution is 2.30. The molecule has 0 aliphatic carbocycles. The molecule has 3 aliphatic rings. The summed E-state index contributed by atoms with van der Waals surface area (Å²) >= 11 is 0. The maximum atomic E-state index is 13.4. The molecule has 7 heteroatoms. The van der Waals surface area contributed by atoms with Crippen molar-refractivity contribution in [2.45, 2.75) is 70.6 Å². The summed E-state index contributed by atoms with van der Waals surface area (Å²) in [6, 6.07) is 6.69. The van der Waals surface area contributed by atoms with E-state index in [-0.39, 0.29) is 36.2 Å². The van der Waals surface area contributed by atoms with E-state index < -0.39 is 12.1 Å². The fourth-order valence-corrected chi connectivity index (χ4v) is 5.42. The third-order valence-electron chi connectivity index (χ3n) is 7.84. The minimum absolute atomic E-state index is 0.0408. The second-order valence-corrected chi connectivity index (χ2v) is 9.75. The van der Waals surface area contributed by atoms with E-state index in [0.29, 0.717) is 24.4 Å². The Hall–Kier alpha value is -2.25. The van der Waals surface area contributed by atoms with E-state index in [9.17, 15) is 14.4 Å². The molecule has 3 saturated heterocycles. The molecule has 0 bridgehead atoms. The molecule has 0 aromatic heterocycles. The highest BCUT2D eigenvalue weighted by molar-refractivity contribution is 5.99. The number of nitrogens with zero attached hydrogens (tertiary/aromatic N) is 2. The van der Waals surface area contributed by atoms with Crippen LogP contribution in [-0.2, 0) is 14.3 Å². The van der Waals surface area contributed by atoms with Crippen LogP contribution in [0.2, 0.25) is 0 Å². The van der Waals surface area contributed by atoms with E-state index in [1.807, 2.05) is 26.0 Å². The normalized spacial score (nSPS) is 25.7. The van der Waals surface area contributed by atoms with Crippen LogP contribution in [0.15, 0.2) is 24.3 Å². The number of hydrogen-bond acceptors (Lipinski definition) is 5. The zero-order chi connectivity index (χ0) is 23.5. The SMILES string of the molecule is CC[C@H](C)C(NC(=O)c1ccc(C2CCN(CC)CC2)cc1)C(=O)N1CC[C@H]2OCC(=O)[C@H]21. The van der Waals surface area contributed by atoms with E-state index in [1.54, 1.807) is 4.90 Å². The zero-order valence-corrected chi connectivity index (χ0v) is 20.1. The van der Waals surface area contributed by atoms with Gasteiger partial charge in [-0.15, -0.1) is 0 Å². The number of Topliss-reactive ketones (excluding diaryl/α,β-unsaturated/α-hetero) is 1. The number of piperidine rings is 1. The number of fused-ring (bicyclic) bond motifs is 1. The lowest BCUT2D eigenvalue weighted by molar-refractivity contribution is -0.139. The first-order valence-electron chi connectivity index (χ1n) is 12.5. The smallest absolute Gasteiger partial charge is 0.251 e. The summed E-state index contributed by atoms with van der Waals surface area (Å²) in [5, 5.41) is 2.98. The second-order valence-electron chi connectivity index (χ2n) is 9.75. The maximum Gasteiger partial charge on any atom is 0.251 e. The lowest BCUT2D eigenvalue weighted by Gasteiger charge is -2.31. The second kappa shape index (κ2) is 10.3. The number of ketones is 1. The van der Waals surface area contributed by atoms with Gasteiger partial charge in [-0.05, 0) is 68.4 Å². The summed E-state index contributed by atoms with van der Waals surface area (Å²) in [5.74, 6) is 0.0316. The van der Waals surface area contributed by atoms with Crippen LogP contribution in [0.1, 0.15) is 68.3 Å². The highest BCUT2D eigenvalue weighted by Gasteiger charge is 2.48. The summed E-state index contributed by atoms with van der Waals surface area (Å²) in [4.78, 5) is 42.9. The van der Waals surface area contributed by atoms with E-state index in [2.05, 4.69) is 29.3 Å². The van der Waals surface area contributed by atoms with Crippen LogP contribution in [0.4, 0.5) is 0 Å². The van der Waals surface area contributed by atoms with Gasteiger partial charge in [0.2, 0.25) is 5.91 Å². The Balaban J connectivity index is 1.42. The van der Waals surface area contributed by atoms with Crippen molar-refractivity contribution in [3.05, 3.63) is 35.4 Å². The molecule has 4 rings (SSSR count). The van der Waals surface area contributed by atoms with Crippen LogP contribution in [-0.4, -0.2) is 78.4 Å². The minimum Gasteiger partial charge on any atom is -0.368 e. The van der Waals surface area contributed by atoms with E-state index in [4.69, 9.17) is 4.74 Å². The highest BCUT2D eigenvalue weighted by atomic mass is 16.5. The molecule has 1 N–H and O–H groups in total. The monoisotopic (exact) mass is 455 g/mol. The number of benzene rings is 1. The Morgan fingerprint density at radius 3 is 2.42 bits per heavy atom. The van der Waals surface area contributed by atoms with Gasteiger partial charge in [-0.25, -0.2) is 0 Å². The standard InChI is InChI=1S/C26H37N3O4/c1-4-17(3)23(26(32)29-15-12-22-24(29)21(30)16-33-22)27-25(31)20-8-6-18(7-9-20)19-10-13-28(5-2)14-11-19/h6-9,17,19,22-24H,4-5,10-16H2,1-3H3,(H,27,31)/t17-,22+,23?,24+/m0/s1. The Kier molecular flexibility index (Phi) is 7.49. The van der Waals surface area contributed by atoms with Gasteiger partial charge in [-0.1, -0.05) is 39.3 Å². The van der Waals surface area contributed by atoms with Crippen molar-refractivity contribution < 1.29 is 19.1 Å². The van der Waals surface area contributed by atoms with Crippen molar-refractivity contribution in [2.75, 3.05) is 32.8 Å². The Bertz CT molecular complexity index is 863. The van der Waals surface area contributed by atoms with E-state index in [1.165, 1.54) is 5.56 Å². The van der Waals surface area contributed by atoms with Gasteiger partial charge in [-0.3, -0.25) is 14.4 Å². The fourth-order valence-electron chi connectivity index (χ4n) is 5.42. The molecule has 1 unspecified atom stereocenters. The average Bonchev–Trinajstić information content (AvgIpc) is 3.44. The summed E-state index contributed by atoms with van der Waals surface area (Å²) < 4.78 is 5.53. The molecule has 3 aliphatic heterocycles. The van der Waals surface area contributed by atoms with Gasteiger partial charge < -0.3 is 19.9 Å². The Labute approximate surface area is 196 Å². The number of nitrogens with one attached hydrogen (secondary N) is 1. The van der Waals surface area contributed by atoms with Crippen LogP contribution in [0.25, 0.3) is 0 Å². The largest absolute Gasteiger partial charge is 0.368 e. The van der Waals surface area contributed by atoms with Crippen molar-refractivity contribution in [1.82, 2.24) is 15.1 Å². The van der Waals surface area contributed by atoms with Gasteiger partial charge in [0.05, 0.1) is 6.10 Å². The molecule has 4 atom stereocenters. The van der Waals surface area contributed by atoms with Crippen LogP contribution in [0, 0.1) is 5.92 Å². The molecule has 180 valence electrons. The van der Waals surface area contributed by atoms with Crippen molar-refractivity contribution in [3.63, 3.8) is 0 Å². The number of amides is 2. The lowest BCUT2D eigenvalue weighted by atomic mass is 9.89. The zero-order valence-electron chi connectivity index (χ0n) is 20.1. The van der Waals surface area contributed by atoms with Crippen LogP contribution in [0.5, 0.6) is 0 Å². The molecule has 7 nitrogen and oxygen atoms in total. The Morgan fingerprint density at radius 1 is 1.09 bits per heavy atom. The molecule has 3 fully saturated rings. The summed E-state index contributed by atoms with van der Waals surface area (Å²) in [7, 11) is 0. The molecule has 0 spiro atoms. The Morgan fingerprint density at radius 2 is 1.79 bits per heavy atom. The predicted octanol–water partition coefficient (Wildman–Crippen LogP) is 2.60. The first kappa shape index (κ1) is 23.9. The quantitative estimate of drug-likeness (QED) is 0.684. The molecular formula is C26H37N3O4. The number of carbonyl (C=O) groups is 3. The first-order chi connectivity index (χ1) is 15.9. The fraction of sp³-hybridized carbons (Fsp3) is 0.654. The van der Waals surface area contributed by atoms with Gasteiger partial charge in [0.15, 0.2) is 5.78 Å². The molecular weight excluding hydrogens is 418 g/mol. The number of ether oxygens (including phenoxy) is 1. The summed E-state index contributed by atoms with van der Waals surface area (Å²) in [6.45, 7) is 10.1. The molecule has 1 aromatic carbocycles. The predicted molar refractivity (Wildman–Crippen MR) is 126 cm³/mol. The molecule has 3 heterocycles. The number of hydrogen-bond donors (Lipinski definition) is 1. The lowest BCUT2D eigenvalue weighted by Crippen LogP contribution is -2.54. The van der Waals surface area contributed by atoms with Gasteiger partial charge in [0.1, 0.15) is 18.7 Å². The minimum atomic E-state index is -0.660. The molecule has 0 radical (unpaired) electrons. The summed E-state index contributed by atoms with van der Waals surface area (Å²) in [6.07, 6.45) is 3.50. The molecule has 0 saturated carbocycles. The van der Waals surface area contributed by atoms with Crippen LogP contribution >= 0.6 is 0 Å². The average molecular weight is 456 g/mol. The first-order valence-corrected chi connectivity index (χ1v) is 12.5. The van der Waals surface area contributed by atoms with Crippen LogP contribution < -0.4 is 5.32 Å². The van der Waals surface area contributed by atoms with E-state index in [0.717, 1.165) is 38.9 Å². The third-order valence-corrected chi connectivity index (χ3v) is 7.84. The van der Waals surface area contributed by atoms with Crippen molar-refractivity contribution in [2.24, 2.45) is 5.92 Å². The number of rotatable bonds is 7. The number of carbonyl (C=O) groups excluding carboxylic acids is 3. The van der Waals surface area contributed by atoms with Gasteiger partial charge >= 0.3 is 0 Å². The van der Waals surface area contributed by atoms with Crippen molar-refractivity contribution in [3.8, 4) is 0 Å². The molecule has 2 amide bonds. The molecule has 33 heavy (non-hydrogen) atoms. The van der Waals surface area contributed by atoms with Crippen LogP contribution in [0.3, 0.4) is 0 Å². The number of likely N-dealkylation sites (tertiary alicyclic amines) is 2. The van der Waals surface area contributed by atoms with Crippen molar-refractivity contribution in [1.29, 1.82) is 0 Å².